The molecule has 0 atom stereocenters. The summed E-state index contributed by atoms with van der Waals surface area (Å²) in [5.41, 5.74) is 7.49. The maximum absolute atomic E-state index is 5.71. The van der Waals surface area contributed by atoms with Crippen LogP contribution in [0.15, 0.2) is 18.2 Å². The van der Waals surface area contributed by atoms with E-state index in [-0.39, 0.29) is 0 Å². The average Bonchev–Trinajstić information content (AvgIpc) is 2.46. The van der Waals surface area contributed by atoms with E-state index in [1.807, 2.05) is 18.2 Å². The van der Waals surface area contributed by atoms with Crippen LogP contribution in [0.25, 0.3) is 0 Å². The lowest BCUT2D eigenvalue weighted by atomic mass is 10.1. The number of benzene rings is 1. The quantitative estimate of drug-likeness (QED) is 0.526. The molecule has 2 N–H and O–H groups in total. The lowest BCUT2D eigenvalue weighted by molar-refractivity contribution is 0.115. The molecule has 0 bridgehead atoms. The van der Waals surface area contributed by atoms with Crippen molar-refractivity contribution in [2.75, 3.05) is 13.7 Å². The first-order chi connectivity index (χ1) is 9.69. The monoisotopic (exact) mass is 295 g/mol. The first kappa shape index (κ1) is 16.9. The fourth-order valence-electron chi connectivity index (χ4n) is 2.03. The molecule has 0 saturated carbocycles. The molecule has 112 valence electrons. The number of hydrogen-bond donors (Lipinski definition) is 1. The van der Waals surface area contributed by atoms with Crippen molar-refractivity contribution in [3.63, 3.8) is 0 Å². The molecule has 1 rings (SSSR count). The van der Waals surface area contributed by atoms with E-state index in [2.05, 4.69) is 6.92 Å². The zero-order valence-corrected chi connectivity index (χ0v) is 13.3. The lowest BCUT2D eigenvalue weighted by Crippen LogP contribution is -2.10. The summed E-state index contributed by atoms with van der Waals surface area (Å²) in [5.74, 6) is 0.816. The van der Waals surface area contributed by atoms with Crippen molar-refractivity contribution in [3.8, 4) is 5.75 Å². The molecule has 0 aliphatic heterocycles. The second-order valence-electron chi connectivity index (χ2n) is 4.86. The van der Waals surface area contributed by atoms with E-state index in [9.17, 15) is 0 Å². The van der Waals surface area contributed by atoms with Gasteiger partial charge in [0.1, 0.15) is 10.7 Å². The Morgan fingerprint density at radius 3 is 2.60 bits per heavy atom. The Morgan fingerprint density at radius 1 is 1.20 bits per heavy atom. The van der Waals surface area contributed by atoms with Crippen molar-refractivity contribution in [2.45, 2.75) is 45.6 Å². The number of unbranched alkanes of at least 4 members (excludes halogenated alkanes) is 4. The lowest BCUT2D eigenvalue weighted by Gasteiger charge is -2.11. The number of ether oxygens (including phenoxy) is 2. The molecular formula is C16H25NO2S. The first-order valence-electron chi connectivity index (χ1n) is 7.23. The van der Waals surface area contributed by atoms with Gasteiger partial charge in [0.15, 0.2) is 0 Å². The summed E-state index contributed by atoms with van der Waals surface area (Å²) in [5, 5.41) is 0. The predicted molar refractivity (Wildman–Crippen MR) is 87.3 cm³/mol. The Balaban J connectivity index is 2.41. The highest BCUT2D eigenvalue weighted by molar-refractivity contribution is 7.80. The van der Waals surface area contributed by atoms with Crippen LogP contribution in [0.3, 0.4) is 0 Å². The maximum Gasteiger partial charge on any atom is 0.124 e. The summed E-state index contributed by atoms with van der Waals surface area (Å²) in [6, 6.07) is 5.70. The Kier molecular flexibility index (Phi) is 8.23. The van der Waals surface area contributed by atoms with Crippen molar-refractivity contribution in [2.24, 2.45) is 5.73 Å². The molecule has 3 nitrogen and oxygen atoms in total. The van der Waals surface area contributed by atoms with Crippen LogP contribution in [0.1, 0.15) is 50.2 Å². The van der Waals surface area contributed by atoms with Crippen LogP contribution in [0.5, 0.6) is 5.75 Å². The number of hydrogen-bond acceptors (Lipinski definition) is 3. The second-order valence-corrected chi connectivity index (χ2v) is 5.30. The van der Waals surface area contributed by atoms with Crippen LogP contribution in [-0.4, -0.2) is 18.7 Å². The van der Waals surface area contributed by atoms with Crippen molar-refractivity contribution in [1.29, 1.82) is 0 Å². The minimum atomic E-state index is 0.397. The molecule has 20 heavy (non-hydrogen) atoms. The molecule has 0 unspecified atom stereocenters. The van der Waals surface area contributed by atoms with Crippen LogP contribution >= 0.6 is 12.2 Å². The third-order valence-corrected chi connectivity index (χ3v) is 3.45. The number of thiocarbonyl (C=S) groups is 1. The Hall–Kier alpha value is -1.13. The molecule has 1 aromatic carbocycles. The maximum atomic E-state index is 5.71. The third-order valence-electron chi connectivity index (χ3n) is 3.21. The first-order valence-corrected chi connectivity index (χ1v) is 7.64. The predicted octanol–water partition coefficient (Wildman–Crippen LogP) is 3.82. The average molecular weight is 295 g/mol. The van der Waals surface area contributed by atoms with Crippen LogP contribution in [0.2, 0.25) is 0 Å². The zero-order chi connectivity index (χ0) is 14.8. The van der Waals surface area contributed by atoms with Crippen LogP contribution < -0.4 is 10.5 Å². The minimum Gasteiger partial charge on any atom is -0.496 e. The van der Waals surface area contributed by atoms with Gasteiger partial charge in [-0.15, -0.1) is 0 Å². The fraction of sp³-hybridized carbons (Fsp3) is 0.562. The van der Waals surface area contributed by atoms with E-state index in [0.29, 0.717) is 11.6 Å². The molecule has 0 radical (unpaired) electrons. The minimum absolute atomic E-state index is 0.397. The molecule has 0 aliphatic carbocycles. The highest BCUT2D eigenvalue weighted by atomic mass is 32.1. The standard InChI is InChI=1S/C16H25NO2S/c1-3-4-5-6-7-10-19-12-14-11-13(16(17)20)8-9-15(14)18-2/h8-9,11H,3-7,10,12H2,1-2H3,(H2,17,20). The van der Waals surface area contributed by atoms with Gasteiger partial charge in [0.25, 0.3) is 0 Å². The van der Waals surface area contributed by atoms with Gasteiger partial charge in [-0.3, -0.25) is 0 Å². The topological polar surface area (TPSA) is 44.5 Å². The van der Waals surface area contributed by atoms with Crippen molar-refractivity contribution in [3.05, 3.63) is 29.3 Å². The molecule has 1 aromatic rings. The van der Waals surface area contributed by atoms with Crippen molar-refractivity contribution >= 4 is 17.2 Å². The van der Waals surface area contributed by atoms with Crippen LogP contribution in [-0.2, 0) is 11.3 Å². The highest BCUT2D eigenvalue weighted by Gasteiger charge is 2.06. The van der Waals surface area contributed by atoms with Gasteiger partial charge in [-0.25, -0.2) is 0 Å². The van der Waals surface area contributed by atoms with Crippen LogP contribution in [0.4, 0.5) is 0 Å². The fourth-order valence-corrected chi connectivity index (χ4v) is 2.16. The van der Waals surface area contributed by atoms with E-state index in [0.717, 1.165) is 29.9 Å². The molecule has 0 heterocycles. The molecular weight excluding hydrogens is 270 g/mol. The van der Waals surface area contributed by atoms with Gasteiger partial charge in [0.2, 0.25) is 0 Å². The van der Waals surface area contributed by atoms with E-state index < -0.39 is 0 Å². The summed E-state index contributed by atoms with van der Waals surface area (Å²) in [4.78, 5) is 0.397. The smallest absolute Gasteiger partial charge is 0.124 e. The van der Waals surface area contributed by atoms with Gasteiger partial charge in [-0.2, -0.15) is 0 Å². The van der Waals surface area contributed by atoms with Crippen molar-refractivity contribution < 1.29 is 9.47 Å². The van der Waals surface area contributed by atoms with Gasteiger partial charge < -0.3 is 15.2 Å². The molecule has 0 amide bonds. The Morgan fingerprint density at radius 2 is 1.95 bits per heavy atom. The SMILES string of the molecule is CCCCCCCOCc1cc(C(N)=S)ccc1OC. The molecule has 0 aromatic heterocycles. The molecule has 4 heteroatoms. The second kappa shape index (κ2) is 9.72. The number of rotatable bonds is 10. The summed E-state index contributed by atoms with van der Waals surface area (Å²) in [7, 11) is 1.66. The summed E-state index contributed by atoms with van der Waals surface area (Å²) in [6.07, 6.45) is 6.21. The van der Waals surface area contributed by atoms with Gasteiger partial charge >= 0.3 is 0 Å². The zero-order valence-electron chi connectivity index (χ0n) is 12.5. The Bertz CT molecular complexity index is 421. The summed E-state index contributed by atoms with van der Waals surface area (Å²) >= 11 is 4.99. The van der Waals surface area contributed by atoms with E-state index >= 15 is 0 Å². The Labute approximate surface area is 127 Å². The number of nitrogens with two attached hydrogens (primary N) is 1. The molecule has 0 aliphatic rings. The van der Waals surface area contributed by atoms with Gasteiger partial charge in [-0.05, 0) is 24.6 Å². The largest absolute Gasteiger partial charge is 0.496 e. The summed E-state index contributed by atoms with van der Waals surface area (Å²) < 4.78 is 11.0. The van der Waals surface area contributed by atoms with E-state index in [1.165, 1.54) is 25.7 Å². The summed E-state index contributed by atoms with van der Waals surface area (Å²) in [6.45, 7) is 3.54. The third kappa shape index (κ3) is 5.88. The molecule has 0 fully saturated rings. The molecule has 0 spiro atoms. The van der Waals surface area contributed by atoms with E-state index in [1.54, 1.807) is 7.11 Å². The number of methoxy groups -OCH3 is 1. The van der Waals surface area contributed by atoms with Gasteiger partial charge in [0.05, 0.1) is 13.7 Å². The highest BCUT2D eigenvalue weighted by Crippen LogP contribution is 2.21. The van der Waals surface area contributed by atoms with E-state index in [4.69, 9.17) is 27.4 Å². The van der Waals surface area contributed by atoms with Crippen LogP contribution in [0, 0.1) is 0 Å². The molecule has 0 saturated heterocycles. The van der Waals surface area contributed by atoms with Gasteiger partial charge in [-0.1, -0.05) is 44.8 Å². The van der Waals surface area contributed by atoms with Crippen molar-refractivity contribution in [1.82, 2.24) is 0 Å². The van der Waals surface area contributed by atoms with Gasteiger partial charge in [0, 0.05) is 17.7 Å². The normalized spacial score (nSPS) is 10.5.